The summed E-state index contributed by atoms with van der Waals surface area (Å²) in [6.45, 7) is 3.80. The van der Waals surface area contributed by atoms with E-state index in [1.807, 2.05) is 14.0 Å². The van der Waals surface area contributed by atoms with Crippen molar-refractivity contribution in [2.45, 2.75) is 36.6 Å². The van der Waals surface area contributed by atoms with E-state index in [0.29, 0.717) is 23.3 Å². The van der Waals surface area contributed by atoms with E-state index in [9.17, 15) is 8.42 Å². The summed E-state index contributed by atoms with van der Waals surface area (Å²) < 4.78 is 27.5. The molecule has 0 saturated carbocycles. The third-order valence-electron chi connectivity index (χ3n) is 3.63. The highest BCUT2D eigenvalue weighted by Gasteiger charge is 2.24. The van der Waals surface area contributed by atoms with Crippen LogP contribution in [0.2, 0.25) is 0 Å². The molecule has 108 valence electrons. The molecule has 5 nitrogen and oxygen atoms in total. The number of nitrogens with one attached hydrogen (secondary N) is 1. The summed E-state index contributed by atoms with van der Waals surface area (Å²) in [5, 5.41) is 0. The molecule has 0 bridgehead atoms. The van der Waals surface area contributed by atoms with Gasteiger partial charge in [0.15, 0.2) is 0 Å². The zero-order valence-corrected chi connectivity index (χ0v) is 13.0. The van der Waals surface area contributed by atoms with Crippen LogP contribution in [0.1, 0.15) is 23.3 Å². The minimum atomic E-state index is -3.40. The van der Waals surface area contributed by atoms with Crippen molar-refractivity contribution in [2.24, 2.45) is 5.73 Å². The van der Waals surface area contributed by atoms with E-state index >= 15 is 0 Å². The summed E-state index contributed by atoms with van der Waals surface area (Å²) in [5.74, 6) is 0. The highest BCUT2D eigenvalue weighted by molar-refractivity contribution is 7.91. The predicted octanol–water partition coefficient (Wildman–Crippen LogP) is 0.888. The Morgan fingerprint density at radius 3 is 2.84 bits per heavy atom. The molecule has 1 aromatic rings. The Bertz CT molecular complexity index is 539. The van der Waals surface area contributed by atoms with Crippen molar-refractivity contribution in [3.05, 3.63) is 16.5 Å². The minimum Gasteiger partial charge on any atom is -0.326 e. The quantitative estimate of drug-likeness (QED) is 0.847. The number of likely N-dealkylation sites (N-methyl/N-ethyl adjacent to an activating group) is 1. The maximum Gasteiger partial charge on any atom is 0.250 e. The van der Waals surface area contributed by atoms with Crippen LogP contribution in [0, 0.1) is 6.92 Å². The van der Waals surface area contributed by atoms with E-state index in [1.165, 1.54) is 11.3 Å². The second-order valence-corrected chi connectivity index (χ2v) is 8.13. The van der Waals surface area contributed by atoms with Gasteiger partial charge in [0.05, 0.1) is 0 Å². The van der Waals surface area contributed by atoms with Crippen molar-refractivity contribution in [1.29, 1.82) is 0 Å². The molecular weight excluding hydrogens is 282 g/mol. The molecule has 2 rings (SSSR count). The molecule has 3 N–H and O–H groups in total. The smallest absolute Gasteiger partial charge is 0.250 e. The summed E-state index contributed by atoms with van der Waals surface area (Å²) in [4.78, 5) is 3.13. The normalized spacial score (nSPS) is 21.1. The molecular formula is C12H21N3O2S2. The van der Waals surface area contributed by atoms with Crippen LogP contribution < -0.4 is 10.5 Å². The first-order valence-electron chi connectivity index (χ1n) is 6.43. The molecule has 1 atom stereocenters. The SMILES string of the molecule is Cc1cc(S(=O)(=O)NCC2CCCN2C)sc1CN. The Morgan fingerprint density at radius 1 is 1.58 bits per heavy atom. The molecule has 0 amide bonds. The van der Waals surface area contributed by atoms with E-state index in [-0.39, 0.29) is 0 Å². The number of likely N-dealkylation sites (tertiary alicyclic amines) is 1. The molecule has 0 radical (unpaired) electrons. The first kappa shape index (κ1) is 14.9. The van der Waals surface area contributed by atoms with Crippen LogP contribution in [-0.2, 0) is 16.6 Å². The number of aryl methyl sites for hydroxylation is 1. The Kier molecular flexibility index (Phi) is 4.62. The van der Waals surface area contributed by atoms with Gasteiger partial charge in [-0.15, -0.1) is 11.3 Å². The second-order valence-electron chi connectivity index (χ2n) is 5.00. The zero-order valence-electron chi connectivity index (χ0n) is 11.3. The molecule has 1 aromatic heterocycles. The van der Waals surface area contributed by atoms with E-state index < -0.39 is 10.0 Å². The lowest BCUT2D eigenvalue weighted by atomic mass is 10.2. The van der Waals surface area contributed by atoms with Gasteiger partial charge in [0.1, 0.15) is 4.21 Å². The fourth-order valence-corrected chi connectivity index (χ4v) is 4.92. The standard InChI is InChI=1S/C12H21N3O2S2/c1-9-6-12(18-11(9)7-13)19(16,17)14-8-10-4-3-5-15(10)2/h6,10,14H,3-5,7-8,13H2,1-2H3. The summed E-state index contributed by atoms with van der Waals surface area (Å²) >= 11 is 1.26. The van der Waals surface area contributed by atoms with Gasteiger partial charge < -0.3 is 10.6 Å². The van der Waals surface area contributed by atoms with Gasteiger partial charge in [-0.1, -0.05) is 0 Å². The molecule has 7 heteroatoms. The Labute approximate surface area is 118 Å². The first-order chi connectivity index (χ1) is 8.94. The fourth-order valence-electron chi connectivity index (χ4n) is 2.34. The zero-order chi connectivity index (χ0) is 14.0. The van der Waals surface area contributed by atoms with E-state index in [4.69, 9.17) is 5.73 Å². The third-order valence-corrected chi connectivity index (χ3v) is 6.79. The Hall–Kier alpha value is -0.470. The number of nitrogens with zero attached hydrogens (tertiary/aromatic N) is 1. The van der Waals surface area contributed by atoms with Gasteiger partial charge in [-0.05, 0) is 45.0 Å². The minimum absolute atomic E-state index is 0.310. The van der Waals surface area contributed by atoms with Gasteiger partial charge in [0.2, 0.25) is 10.0 Å². The van der Waals surface area contributed by atoms with Crippen LogP contribution in [0.15, 0.2) is 10.3 Å². The number of hydrogen-bond acceptors (Lipinski definition) is 5. The van der Waals surface area contributed by atoms with Crippen molar-refractivity contribution < 1.29 is 8.42 Å². The Balaban J connectivity index is 2.05. The van der Waals surface area contributed by atoms with Crippen molar-refractivity contribution in [3.63, 3.8) is 0 Å². The molecule has 0 spiro atoms. The number of hydrogen-bond donors (Lipinski definition) is 2. The summed E-state index contributed by atoms with van der Waals surface area (Å²) in [5.41, 5.74) is 6.54. The molecule has 1 unspecified atom stereocenters. The van der Waals surface area contributed by atoms with Crippen LogP contribution >= 0.6 is 11.3 Å². The van der Waals surface area contributed by atoms with E-state index in [2.05, 4.69) is 9.62 Å². The van der Waals surface area contributed by atoms with Crippen molar-refractivity contribution in [1.82, 2.24) is 9.62 Å². The average Bonchev–Trinajstić information content (AvgIpc) is 2.93. The molecule has 1 aliphatic rings. The van der Waals surface area contributed by atoms with Crippen LogP contribution in [0.3, 0.4) is 0 Å². The number of rotatable bonds is 5. The van der Waals surface area contributed by atoms with Gasteiger partial charge in [0, 0.05) is 24.0 Å². The van der Waals surface area contributed by atoms with Crippen molar-refractivity contribution in [2.75, 3.05) is 20.1 Å². The third kappa shape index (κ3) is 3.35. The lowest BCUT2D eigenvalue weighted by Gasteiger charge is -2.19. The summed E-state index contributed by atoms with van der Waals surface area (Å²) in [7, 11) is -1.36. The van der Waals surface area contributed by atoms with Gasteiger partial charge in [0.25, 0.3) is 0 Å². The molecule has 1 saturated heterocycles. The molecule has 2 heterocycles. The van der Waals surface area contributed by atoms with Crippen LogP contribution in [-0.4, -0.2) is 39.5 Å². The molecule has 0 aliphatic carbocycles. The highest BCUT2D eigenvalue weighted by Crippen LogP contribution is 2.25. The monoisotopic (exact) mass is 303 g/mol. The Morgan fingerprint density at radius 2 is 2.32 bits per heavy atom. The molecule has 1 aliphatic heterocycles. The maximum atomic E-state index is 12.2. The van der Waals surface area contributed by atoms with Gasteiger partial charge in [-0.2, -0.15) is 0 Å². The number of nitrogens with two attached hydrogens (primary N) is 1. The lowest BCUT2D eigenvalue weighted by molar-refractivity contribution is 0.311. The van der Waals surface area contributed by atoms with Crippen LogP contribution in [0.25, 0.3) is 0 Å². The van der Waals surface area contributed by atoms with Gasteiger partial charge in [-0.25, -0.2) is 13.1 Å². The van der Waals surface area contributed by atoms with E-state index in [0.717, 1.165) is 29.8 Å². The van der Waals surface area contributed by atoms with E-state index in [1.54, 1.807) is 6.07 Å². The fraction of sp³-hybridized carbons (Fsp3) is 0.667. The largest absolute Gasteiger partial charge is 0.326 e. The van der Waals surface area contributed by atoms with Crippen molar-refractivity contribution in [3.8, 4) is 0 Å². The van der Waals surface area contributed by atoms with Gasteiger partial charge in [-0.3, -0.25) is 0 Å². The first-order valence-corrected chi connectivity index (χ1v) is 8.73. The average molecular weight is 303 g/mol. The van der Waals surface area contributed by atoms with Gasteiger partial charge >= 0.3 is 0 Å². The summed E-state index contributed by atoms with van der Waals surface area (Å²) in [6, 6.07) is 2.01. The lowest BCUT2D eigenvalue weighted by Crippen LogP contribution is -2.37. The van der Waals surface area contributed by atoms with Crippen LogP contribution in [0.5, 0.6) is 0 Å². The molecule has 0 aromatic carbocycles. The molecule has 1 fully saturated rings. The van der Waals surface area contributed by atoms with Crippen molar-refractivity contribution >= 4 is 21.4 Å². The number of sulfonamides is 1. The molecule has 19 heavy (non-hydrogen) atoms. The predicted molar refractivity (Wildman–Crippen MR) is 77.8 cm³/mol. The maximum absolute atomic E-state index is 12.2. The second kappa shape index (κ2) is 5.88. The van der Waals surface area contributed by atoms with Crippen LogP contribution in [0.4, 0.5) is 0 Å². The number of thiophene rings is 1. The highest BCUT2D eigenvalue weighted by atomic mass is 32.2. The summed E-state index contributed by atoms with van der Waals surface area (Å²) in [6.07, 6.45) is 2.19. The topological polar surface area (TPSA) is 75.4 Å².